The number of carbonyl (C=O) groups excluding carboxylic acids is 3. The summed E-state index contributed by atoms with van der Waals surface area (Å²) in [6.45, 7) is 0. The van der Waals surface area contributed by atoms with Crippen LogP contribution in [0.15, 0.2) is 96.0 Å². The summed E-state index contributed by atoms with van der Waals surface area (Å²) in [6.07, 6.45) is -1.11. The SMILES string of the molecule is O=C(OC(/N=C(\[O-])CCCCC[P+](c1ccccc1)(c1ccccc1)c1ccccc1)(OC(=O)C(Cl)Cl)OC(=O)C(Cl)Cl)C(Cl)Cl. The summed E-state index contributed by atoms with van der Waals surface area (Å²) in [4.78, 5) is 34.6. The maximum absolute atomic E-state index is 13.0. The summed E-state index contributed by atoms with van der Waals surface area (Å²) in [6, 6.07) is 31.0. The Morgan fingerprint density at radius 1 is 0.609 bits per heavy atom. The maximum atomic E-state index is 13.0. The Morgan fingerprint density at radius 2 is 0.957 bits per heavy atom. The van der Waals surface area contributed by atoms with E-state index < -0.39 is 51.7 Å². The van der Waals surface area contributed by atoms with Crippen molar-refractivity contribution in [2.24, 2.45) is 4.99 Å². The van der Waals surface area contributed by atoms with E-state index in [0.717, 1.165) is 12.6 Å². The van der Waals surface area contributed by atoms with E-state index in [1.165, 1.54) is 15.9 Å². The molecule has 0 fully saturated rings. The van der Waals surface area contributed by atoms with Crippen molar-refractivity contribution in [3.63, 3.8) is 0 Å². The molecule has 0 amide bonds. The van der Waals surface area contributed by atoms with Crippen molar-refractivity contribution in [1.82, 2.24) is 0 Å². The Morgan fingerprint density at radius 3 is 1.28 bits per heavy atom. The van der Waals surface area contributed by atoms with Crippen LogP contribution in [0.2, 0.25) is 0 Å². The number of hydrogen-bond acceptors (Lipinski definition) is 8. The highest BCUT2D eigenvalue weighted by Gasteiger charge is 2.47. The molecule has 0 unspecified atom stereocenters. The normalized spacial score (nSPS) is 12.3. The molecule has 8 nitrogen and oxygen atoms in total. The summed E-state index contributed by atoms with van der Waals surface area (Å²) < 4.78 is 14.5. The number of esters is 3. The van der Waals surface area contributed by atoms with Gasteiger partial charge in [-0.05, 0) is 68.0 Å². The van der Waals surface area contributed by atoms with E-state index in [1.54, 1.807) is 0 Å². The van der Waals surface area contributed by atoms with Crippen molar-refractivity contribution in [2.75, 3.05) is 6.16 Å². The van der Waals surface area contributed by atoms with Crippen molar-refractivity contribution in [3.05, 3.63) is 91.0 Å². The highest BCUT2D eigenvalue weighted by Crippen LogP contribution is 2.56. The van der Waals surface area contributed by atoms with Crippen LogP contribution in [-0.4, -0.2) is 50.6 Å². The summed E-state index contributed by atoms with van der Waals surface area (Å²) in [7, 11) is -2.08. The second kappa shape index (κ2) is 18.3. The molecule has 0 N–H and O–H groups in total. The van der Waals surface area contributed by atoms with Crippen molar-refractivity contribution in [3.8, 4) is 0 Å². The standard InChI is InChI=1S/C31H28Cl6NO7P/c32-25(33)28(40)43-31(44-29(41)26(34)35,45-30(42)27(36)37)38-24(39)19-11-4-12-20-46(21-13-5-1-6-14-21,22-15-7-2-8-16-22)23-17-9-3-10-18-23/h1-3,5-10,13-18,25-27H,4,11-12,19-20H2. The minimum atomic E-state index is -3.33. The number of ether oxygens (including phenoxy) is 3. The fourth-order valence-corrected chi connectivity index (χ4v) is 9.22. The average molecular weight is 770 g/mol. The Balaban J connectivity index is 1.85. The molecule has 0 heterocycles. The summed E-state index contributed by atoms with van der Waals surface area (Å²) >= 11 is 33.2. The molecule has 0 saturated carbocycles. The van der Waals surface area contributed by atoms with Gasteiger partial charge in [-0.1, -0.05) is 124 Å². The van der Waals surface area contributed by atoms with Crippen LogP contribution in [0.3, 0.4) is 0 Å². The van der Waals surface area contributed by atoms with Crippen LogP contribution in [0.1, 0.15) is 25.7 Å². The molecule has 3 aromatic rings. The monoisotopic (exact) mass is 767 g/mol. The van der Waals surface area contributed by atoms with Crippen molar-refractivity contribution < 1.29 is 33.7 Å². The number of carbonyl (C=O) groups is 3. The number of rotatable bonds is 16. The van der Waals surface area contributed by atoms with Crippen LogP contribution in [0.5, 0.6) is 0 Å². The number of benzene rings is 3. The van der Waals surface area contributed by atoms with Crippen LogP contribution < -0.4 is 21.0 Å². The average Bonchev–Trinajstić information content (AvgIpc) is 3.03. The molecule has 0 radical (unpaired) electrons. The van der Waals surface area contributed by atoms with Crippen LogP contribution in [0, 0.1) is 0 Å². The number of hydrogen-bond donors (Lipinski definition) is 0. The summed E-state index contributed by atoms with van der Waals surface area (Å²) in [5, 5.41) is 16.7. The minimum Gasteiger partial charge on any atom is -0.862 e. The molecule has 0 aliphatic carbocycles. The first-order valence-corrected chi connectivity index (χ1v) is 18.3. The third-order valence-corrected chi connectivity index (χ3v) is 12.1. The van der Waals surface area contributed by atoms with Gasteiger partial charge < -0.3 is 19.3 Å². The van der Waals surface area contributed by atoms with Crippen molar-refractivity contribution in [2.45, 2.75) is 46.3 Å². The first-order valence-electron chi connectivity index (χ1n) is 13.7. The second-order valence-electron chi connectivity index (χ2n) is 9.55. The zero-order valence-electron chi connectivity index (χ0n) is 23.9. The molecule has 0 bridgehead atoms. The van der Waals surface area contributed by atoms with E-state index >= 15 is 0 Å². The molecule has 0 atom stereocenters. The maximum Gasteiger partial charge on any atom is 0.544 e. The molecule has 15 heteroatoms. The quantitative estimate of drug-likeness (QED) is 0.0337. The van der Waals surface area contributed by atoms with Gasteiger partial charge in [-0.15, -0.1) is 0 Å². The molecule has 0 spiro atoms. The van der Waals surface area contributed by atoms with E-state index in [0.29, 0.717) is 12.8 Å². The van der Waals surface area contributed by atoms with Gasteiger partial charge in [-0.2, -0.15) is 4.99 Å². The highest BCUT2D eigenvalue weighted by molar-refractivity contribution is 7.95. The van der Waals surface area contributed by atoms with E-state index in [1.807, 2.05) is 54.6 Å². The van der Waals surface area contributed by atoms with Gasteiger partial charge in [0.15, 0.2) is 0 Å². The number of unbranched alkanes of at least 4 members (excludes halogenated alkanes) is 2. The van der Waals surface area contributed by atoms with Crippen LogP contribution >= 0.6 is 76.9 Å². The molecule has 0 aliphatic heterocycles. The highest BCUT2D eigenvalue weighted by atomic mass is 35.5. The Hall–Kier alpha value is -2.29. The van der Waals surface area contributed by atoms with Crippen molar-refractivity contribution >= 4 is 117 Å². The Bertz CT molecular complexity index is 1310. The molecule has 3 rings (SSSR count). The third-order valence-electron chi connectivity index (χ3n) is 6.46. The first-order chi connectivity index (χ1) is 21.9. The van der Waals surface area contributed by atoms with Crippen molar-refractivity contribution in [1.29, 1.82) is 0 Å². The molecule has 3 aromatic carbocycles. The van der Waals surface area contributed by atoms with Gasteiger partial charge in [0.1, 0.15) is 23.2 Å². The molecule has 0 aromatic heterocycles. The number of nitrogens with zero attached hydrogens (tertiary/aromatic N) is 1. The molecule has 0 aliphatic rings. The van der Waals surface area contributed by atoms with Crippen LogP contribution in [-0.2, 0) is 28.6 Å². The van der Waals surface area contributed by atoms with Gasteiger partial charge in [0.05, 0.1) is 6.16 Å². The van der Waals surface area contributed by atoms with Crippen LogP contribution in [0.25, 0.3) is 0 Å². The Kier molecular flexibility index (Phi) is 15.2. The number of alkyl halides is 6. The molecule has 46 heavy (non-hydrogen) atoms. The van der Waals surface area contributed by atoms with Gasteiger partial charge in [-0.25, -0.2) is 14.4 Å². The first kappa shape index (κ1) is 38.2. The summed E-state index contributed by atoms with van der Waals surface area (Å²) in [5.41, 5.74) is 0. The lowest BCUT2D eigenvalue weighted by Gasteiger charge is -2.29. The molecular weight excluding hydrogens is 742 g/mol. The zero-order chi connectivity index (χ0) is 33.7. The van der Waals surface area contributed by atoms with Gasteiger partial charge >= 0.3 is 24.0 Å². The minimum absolute atomic E-state index is 0.219. The summed E-state index contributed by atoms with van der Waals surface area (Å²) in [5.74, 6) is -5.41. The lowest BCUT2D eigenvalue weighted by Crippen LogP contribution is -2.47. The number of halogens is 6. The van der Waals surface area contributed by atoms with E-state index in [9.17, 15) is 19.5 Å². The predicted molar refractivity (Wildman–Crippen MR) is 183 cm³/mol. The van der Waals surface area contributed by atoms with E-state index in [2.05, 4.69) is 41.4 Å². The lowest BCUT2D eigenvalue weighted by molar-refractivity contribution is -0.328. The van der Waals surface area contributed by atoms with Gasteiger partial charge in [0.2, 0.25) is 14.5 Å². The van der Waals surface area contributed by atoms with Crippen LogP contribution in [0.4, 0.5) is 0 Å². The smallest absolute Gasteiger partial charge is 0.544 e. The van der Waals surface area contributed by atoms with Gasteiger partial charge in [-0.3, -0.25) is 0 Å². The fourth-order valence-electron chi connectivity index (χ4n) is 4.54. The number of aliphatic imine (C=N–C) groups is 1. The van der Waals surface area contributed by atoms with Gasteiger partial charge in [0.25, 0.3) is 0 Å². The molecular formula is C31H28Cl6NO7P. The van der Waals surface area contributed by atoms with Gasteiger partial charge in [0, 0.05) is 0 Å². The fraction of sp³-hybridized carbons (Fsp3) is 0.290. The molecule has 246 valence electrons. The Labute approximate surface area is 297 Å². The predicted octanol–water partition coefficient (Wildman–Crippen LogP) is 5.95. The largest absolute Gasteiger partial charge is 0.862 e. The topological polar surface area (TPSA) is 114 Å². The van der Waals surface area contributed by atoms with E-state index in [-0.39, 0.29) is 6.42 Å². The zero-order valence-corrected chi connectivity index (χ0v) is 29.4. The lowest BCUT2D eigenvalue weighted by atomic mass is 10.2. The van der Waals surface area contributed by atoms with E-state index in [4.69, 9.17) is 83.8 Å². The second-order valence-corrected chi connectivity index (χ2v) is 16.5. The molecule has 0 saturated heterocycles. The third kappa shape index (κ3) is 10.6.